The average Bonchev–Trinajstić information content (AvgIpc) is 2.56. The van der Waals surface area contributed by atoms with Crippen molar-refractivity contribution < 1.29 is 14.6 Å². The van der Waals surface area contributed by atoms with Crippen LogP contribution in [0.15, 0.2) is 23.9 Å². The first-order valence-corrected chi connectivity index (χ1v) is 8.50. The third-order valence-corrected chi connectivity index (χ3v) is 3.42. The Morgan fingerprint density at radius 2 is 1.91 bits per heavy atom. The van der Waals surface area contributed by atoms with E-state index in [1.165, 1.54) is 25.3 Å². The van der Waals surface area contributed by atoms with E-state index in [0.717, 1.165) is 25.8 Å². The molecule has 0 amide bonds. The predicted molar refractivity (Wildman–Crippen MR) is 91.5 cm³/mol. The fourth-order valence-electron chi connectivity index (χ4n) is 2.00. The van der Waals surface area contributed by atoms with Crippen LogP contribution in [0.4, 0.5) is 0 Å². The van der Waals surface area contributed by atoms with Gasteiger partial charge in [-0.15, -0.1) is 0 Å². The number of hydrogen-bond donors (Lipinski definition) is 1. The van der Waals surface area contributed by atoms with Gasteiger partial charge in [0.05, 0.1) is 13.2 Å². The summed E-state index contributed by atoms with van der Waals surface area (Å²) in [6.45, 7) is 5.83. The molecule has 0 rings (SSSR count). The number of carbonyl (C=O) groups is 1. The molecule has 0 fully saturated rings. The molecule has 0 aliphatic rings. The number of aliphatic hydroxyl groups is 1. The summed E-state index contributed by atoms with van der Waals surface area (Å²) in [7, 11) is 0. The van der Waals surface area contributed by atoms with Crippen molar-refractivity contribution in [3.63, 3.8) is 0 Å². The number of carbonyl (C=O) groups excluding carboxylic acids is 1. The van der Waals surface area contributed by atoms with Gasteiger partial charge in [-0.2, -0.15) is 5.26 Å². The number of likely N-dealkylation sites (N-methyl/N-ethyl adjacent to an activating group) is 1. The van der Waals surface area contributed by atoms with Gasteiger partial charge in [-0.3, -0.25) is 0 Å². The summed E-state index contributed by atoms with van der Waals surface area (Å²) in [4.78, 5) is 13.7. The lowest BCUT2D eigenvalue weighted by Gasteiger charge is -2.15. The molecular weight excluding hydrogens is 292 g/mol. The fourth-order valence-corrected chi connectivity index (χ4v) is 2.00. The van der Waals surface area contributed by atoms with Crippen molar-refractivity contribution in [2.75, 3.05) is 26.3 Å². The number of aliphatic hydroxyl groups excluding tert-OH is 1. The van der Waals surface area contributed by atoms with Crippen LogP contribution in [-0.2, 0) is 9.53 Å². The summed E-state index contributed by atoms with van der Waals surface area (Å²) in [5.41, 5.74) is -0.00714. The number of rotatable bonds is 13. The first-order valence-electron chi connectivity index (χ1n) is 8.50. The Morgan fingerprint density at radius 1 is 1.22 bits per heavy atom. The minimum Gasteiger partial charge on any atom is -0.462 e. The molecular formula is C18H30N2O3. The minimum absolute atomic E-state index is 0.00714. The van der Waals surface area contributed by atoms with Crippen molar-refractivity contribution in [3.05, 3.63) is 23.9 Å². The normalized spacial score (nSPS) is 11.5. The fraction of sp³-hybridized carbons (Fsp3) is 0.667. The molecule has 0 saturated heterocycles. The lowest BCUT2D eigenvalue weighted by Crippen LogP contribution is -2.20. The van der Waals surface area contributed by atoms with Crippen LogP contribution in [0, 0.1) is 11.3 Å². The predicted octanol–water partition coefficient (Wildman–Crippen LogP) is 3.17. The van der Waals surface area contributed by atoms with Crippen molar-refractivity contribution in [1.82, 2.24) is 4.90 Å². The lowest BCUT2D eigenvalue weighted by molar-refractivity contribution is -0.138. The van der Waals surface area contributed by atoms with E-state index < -0.39 is 5.97 Å². The van der Waals surface area contributed by atoms with Crippen LogP contribution in [0.5, 0.6) is 0 Å². The highest BCUT2D eigenvalue weighted by Gasteiger charge is 2.09. The highest BCUT2D eigenvalue weighted by molar-refractivity contribution is 5.93. The van der Waals surface area contributed by atoms with E-state index >= 15 is 0 Å². The van der Waals surface area contributed by atoms with E-state index in [-0.39, 0.29) is 12.2 Å². The molecule has 0 spiro atoms. The highest BCUT2D eigenvalue weighted by Crippen LogP contribution is 2.06. The topological polar surface area (TPSA) is 73.6 Å². The highest BCUT2D eigenvalue weighted by atomic mass is 16.5. The standard InChI is InChI=1S/C18H30N2O3/c1-3-5-6-7-8-9-15-23-18(22)17(16-19)11-10-12-20(4-2)13-14-21/h10-12,21H,3-9,13-15H2,1-2H3. The maximum Gasteiger partial charge on any atom is 0.348 e. The monoisotopic (exact) mass is 322 g/mol. The lowest BCUT2D eigenvalue weighted by atomic mass is 10.1. The third kappa shape index (κ3) is 11.4. The van der Waals surface area contributed by atoms with Gasteiger partial charge in [0.25, 0.3) is 0 Å². The number of hydrogen-bond acceptors (Lipinski definition) is 5. The molecule has 0 aromatic rings. The molecule has 0 radical (unpaired) electrons. The van der Waals surface area contributed by atoms with Crippen molar-refractivity contribution >= 4 is 5.97 Å². The largest absolute Gasteiger partial charge is 0.462 e. The maximum absolute atomic E-state index is 11.8. The van der Waals surface area contributed by atoms with Crippen LogP contribution in [0.25, 0.3) is 0 Å². The molecule has 0 bridgehead atoms. The summed E-state index contributed by atoms with van der Waals surface area (Å²) >= 11 is 0. The van der Waals surface area contributed by atoms with Crippen LogP contribution in [-0.4, -0.2) is 42.3 Å². The van der Waals surface area contributed by atoms with Gasteiger partial charge in [-0.1, -0.05) is 39.0 Å². The van der Waals surface area contributed by atoms with Crippen LogP contribution >= 0.6 is 0 Å². The SMILES string of the molecule is CCCCCCCCOC(=O)C(C#N)=CC=CN(CC)CCO. The van der Waals surface area contributed by atoms with Crippen molar-refractivity contribution in [1.29, 1.82) is 5.26 Å². The van der Waals surface area contributed by atoms with Gasteiger partial charge < -0.3 is 14.7 Å². The second-order valence-electron chi connectivity index (χ2n) is 5.29. The molecule has 23 heavy (non-hydrogen) atoms. The summed E-state index contributed by atoms with van der Waals surface area (Å²) in [5.74, 6) is -0.573. The van der Waals surface area contributed by atoms with Gasteiger partial charge in [0, 0.05) is 13.1 Å². The summed E-state index contributed by atoms with van der Waals surface area (Å²) in [5, 5.41) is 17.9. The number of ether oxygens (including phenoxy) is 1. The molecule has 0 aromatic heterocycles. The molecule has 0 heterocycles. The average molecular weight is 322 g/mol. The Labute approximate surface area is 140 Å². The van der Waals surface area contributed by atoms with Gasteiger partial charge in [0.1, 0.15) is 11.6 Å². The van der Waals surface area contributed by atoms with E-state index in [9.17, 15) is 4.79 Å². The smallest absolute Gasteiger partial charge is 0.348 e. The van der Waals surface area contributed by atoms with E-state index in [2.05, 4.69) is 6.92 Å². The quantitative estimate of drug-likeness (QED) is 0.185. The van der Waals surface area contributed by atoms with Gasteiger partial charge in [-0.05, 0) is 31.7 Å². The van der Waals surface area contributed by atoms with Crippen molar-refractivity contribution in [3.8, 4) is 6.07 Å². The summed E-state index contributed by atoms with van der Waals surface area (Å²) in [6.07, 6.45) is 11.6. The zero-order chi connectivity index (χ0) is 17.3. The first kappa shape index (κ1) is 21.2. The Hall–Kier alpha value is -1.80. The Balaban J connectivity index is 4.13. The Morgan fingerprint density at radius 3 is 2.52 bits per heavy atom. The van der Waals surface area contributed by atoms with E-state index in [4.69, 9.17) is 15.1 Å². The molecule has 0 aliphatic heterocycles. The maximum atomic E-state index is 11.8. The number of allylic oxidation sites excluding steroid dienone is 2. The molecule has 0 atom stereocenters. The molecule has 5 nitrogen and oxygen atoms in total. The number of esters is 1. The molecule has 0 saturated carbocycles. The van der Waals surface area contributed by atoms with Gasteiger partial charge >= 0.3 is 5.97 Å². The van der Waals surface area contributed by atoms with E-state index in [0.29, 0.717) is 13.2 Å². The zero-order valence-electron chi connectivity index (χ0n) is 14.5. The molecule has 0 unspecified atom stereocenters. The van der Waals surface area contributed by atoms with Crippen LogP contribution < -0.4 is 0 Å². The number of nitriles is 1. The molecule has 0 aliphatic carbocycles. The van der Waals surface area contributed by atoms with Gasteiger partial charge in [0.2, 0.25) is 0 Å². The molecule has 130 valence electrons. The van der Waals surface area contributed by atoms with Gasteiger partial charge in [-0.25, -0.2) is 4.79 Å². The van der Waals surface area contributed by atoms with Crippen molar-refractivity contribution in [2.24, 2.45) is 0 Å². The second kappa shape index (κ2) is 15.1. The first-order chi connectivity index (χ1) is 11.2. The minimum atomic E-state index is -0.573. The summed E-state index contributed by atoms with van der Waals surface area (Å²) in [6, 6.07) is 1.86. The Kier molecular flexibility index (Phi) is 13.9. The molecule has 1 N–H and O–H groups in total. The van der Waals surface area contributed by atoms with Crippen LogP contribution in [0.1, 0.15) is 52.4 Å². The van der Waals surface area contributed by atoms with E-state index in [1.807, 2.05) is 17.9 Å². The van der Waals surface area contributed by atoms with Crippen LogP contribution in [0.2, 0.25) is 0 Å². The van der Waals surface area contributed by atoms with E-state index in [1.54, 1.807) is 12.3 Å². The molecule has 5 heteroatoms. The Bertz CT molecular complexity index is 411. The van der Waals surface area contributed by atoms with Crippen LogP contribution in [0.3, 0.4) is 0 Å². The number of unbranched alkanes of at least 4 members (excludes halogenated alkanes) is 5. The summed E-state index contributed by atoms with van der Waals surface area (Å²) < 4.78 is 5.12. The zero-order valence-corrected chi connectivity index (χ0v) is 14.5. The van der Waals surface area contributed by atoms with Gasteiger partial charge in [0.15, 0.2) is 0 Å². The molecule has 0 aromatic carbocycles. The second-order valence-corrected chi connectivity index (χ2v) is 5.29. The number of nitrogens with zero attached hydrogens (tertiary/aromatic N) is 2. The third-order valence-electron chi connectivity index (χ3n) is 3.42. The van der Waals surface area contributed by atoms with Crippen molar-refractivity contribution in [2.45, 2.75) is 52.4 Å².